The molecule has 0 aromatic rings. The number of nitrogens with two attached hydrogens (primary N) is 1. The van der Waals surface area contributed by atoms with Crippen molar-refractivity contribution in [2.75, 3.05) is 0 Å². The maximum atomic E-state index is 9.77. The number of amidine groups is 1. The molecule has 0 aliphatic heterocycles. The smallest absolute Gasteiger partial charge is 0.328 e. The summed E-state index contributed by atoms with van der Waals surface area (Å²) in [5, 5.41) is 15.8. The highest BCUT2D eigenvalue weighted by Crippen LogP contribution is 1.97. The summed E-state index contributed by atoms with van der Waals surface area (Å²) in [6.45, 7) is 0. The van der Waals surface area contributed by atoms with E-state index >= 15 is 0 Å². The van der Waals surface area contributed by atoms with Crippen LogP contribution in [0.2, 0.25) is 0 Å². The van der Waals surface area contributed by atoms with Crippen LogP contribution in [-0.4, -0.2) is 16.2 Å². The van der Waals surface area contributed by atoms with Crippen molar-refractivity contribution < 1.29 is 9.90 Å². The molecule has 4 nitrogen and oxygen atoms in total. The predicted molar refractivity (Wildman–Crippen MR) is 43.5 cm³/mol. The maximum absolute atomic E-state index is 9.77. The number of halogens is 1. The molecular weight excluding hydrogens is 176 g/mol. The lowest BCUT2D eigenvalue weighted by Crippen LogP contribution is -2.01. The van der Waals surface area contributed by atoms with E-state index in [4.69, 9.17) is 16.2 Å². The number of nitrogens with one attached hydrogen (secondary N) is 1. The van der Waals surface area contributed by atoms with Gasteiger partial charge in [-0.2, -0.15) is 0 Å². The fourth-order valence-corrected chi connectivity index (χ4v) is 0.497. The molecule has 0 bridgehead atoms. The molecule has 0 aromatic carbocycles. The highest BCUT2D eigenvalue weighted by atomic mass is 35.5. The lowest BCUT2D eigenvalue weighted by atomic mass is 10.7. The number of thioether (sulfide) groups is 1. The summed E-state index contributed by atoms with van der Waals surface area (Å²) in [4.78, 5) is 9.77. The molecule has 6 heteroatoms. The van der Waals surface area contributed by atoms with E-state index in [0.717, 1.165) is 17.8 Å². The minimum Gasteiger partial charge on any atom is -0.478 e. The Kier molecular flexibility index (Phi) is 7.75. The zero-order chi connectivity index (χ0) is 7.28. The molecule has 0 spiro atoms. The molecule has 0 heterocycles. The molecule has 0 aliphatic carbocycles. The molecule has 0 saturated heterocycles. The van der Waals surface area contributed by atoms with Gasteiger partial charge in [-0.3, -0.25) is 5.41 Å². The van der Waals surface area contributed by atoms with Crippen LogP contribution in [0, 0.1) is 5.41 Å². The minimum atomic E-state index is -1.04. The van der Waals surface area contributed by atoms with Gasteiger partial charge >= 0.3 is 5.97 Å². The second-order valence-corrected chi connectivity index (χ2v) is 2.07. The maximum Gasteiger partial charge on any atom is 0.328 e. The van der Waals surface area contributed by atoms with Crippen LogP contribution < -0.4 is 5.73 Å². The van der Waals surface area contributed by atoms with Gasteiger partial charge in [-0.1, -0.05) is 11.8 Å². The van der Waals surface area contributed by atoms with Crippen LogP contribution >= 0.6 is 24.2 Å². The van der Waals surface area contributed by atoms with Crippen molar-refractivity contribution >= 4 is 35.3 Å². The lowest BCUT2D eigenvalue weighted by Gasteiger charge is -1.84. The van der Waals surface area contributed by atoms with Crippen LogP contribution in [0.5, 0.6) is 0 Å². The van der Waals surface area contributed by atoms with Gasteiger partial charge in [0.15, 0.2) is 5.17 Å². The normalized spacial score (nSPS) is 8.80. The second-order valence-electron chi connectivity index (χ2n) is 1.12. The SMILES string of the molecule is Cl.N=C(N)SC=CC(=O)O. The summed E-state index contributed by atoms with van der Waals surface area (Å²) in [7, 11) is 0. The van der Waals surface area contributed by atoms with E-state index in [-0.39, 0.29) is 17.6 Å². The van der Waals surface area contributed by atoms with E-state index in [9.17, 15) is 4.79 Å². The fourth-order valence-electron chi connectivity index (χ4n) is 0.166. The quantitative estimate of drug-likeness (QED) is 0.332. The van der Waals surface area contributed by atoms with E-state index < -0.39 is 5.97 Å². The second kappa shape index (κ2) is 6.44. The van der Waals surface area contributed by atoms with Crippen molar-refractivity contribution in [1.82, 2.24) is 0 Å². The summed E-state index contributed by atoms with van der Waals surface area (Å²) >= 11 is 0.859. The Morgan fingerprint density at radius 2 is 2.20 bits per heavy atom. The number of hydrogen-bond donors (Lipinski definition) is 3. The van der Waals surface area contributed by atoms with Crippen molar-refractivity contribution in [3.63, 3.8) is 0 Å². The summed E-state index contributed by atoms with van der Waals surface area (Å²) in [5.74, 6) is -1.04. The number of carboxylic acid groups (broad SMARTS) is 1. The third-order valence-corrected chi connectivity index (χ3v) is 0.932. The van der Waals surface area contributed by atoms with Crippen molar-refractivity contribution in [1.29, 1.82) is 5.41 Å². The number of aliphatic carboxylic acids is 1. The van der Waals surface area contributed by atoms with E-state index in [0.29, 0.717) is 0 Å². The van der Waals surface area contributed by atoms with Gasteiger partial charge < -0.3 is 10.8 Å². The van der Waals surface area contributed by atoms with Crippen LogP contribution in [0.25, 0.3) is 0 Å². The third-order valence-electron chi connectivity index (χ3n) is 0.406. The van der Waals surface area contributed by atoms with Gasteiger partial charge in [0.1, 0.15) is 0 Å². The molecule has 0 fully saturated rings. The molecule has 0 saturated carbocycles. The molecule has 58 valence electrons. The van der Waals surface area contributed by atoms with Crippen molar-refractivity contribution in [3.05, 3.63) is 11.5 Å². The van der Waals surface area contributed by atoms with Gasteiger partial charge in [0, 0.05) is 6.08 Å². The first-order chi connectivity index (χ1) is 4.13. The first kappa shape index (κ1) is 12.0. The highest BCUT2D eigenvalue weighted by Gasteiger charge is 1.85. The van der Waals surface area contributed by atoms with Crippen LogP contribution in [0.15, 0.2) is 11.5 Å². The molecule has 0 amide bonds. The Morgan fingerprint density at radius 1 is 1.70 bits per heavy atom. The lowest BCUT2D eigenvalue weighted by molar-refractivity contribution is -0.131. The van der Waals surface area contributed by atoms with E-state index in [1.165, 1.54) is 5.41 Å². The van der Waals surface area contributed by atoms with Gasteiger partial charge in [0.25, 0.3) is 0 Å². The van der Waals surface area contributed by atoms with Gasteiger partial charge in [-0.15, -0.1) is 12.4 Å². The average molecular weight is 183 g/mol. The van der Waals surface area contributed by atoms with Crippen LogP contribution in [-0.2, 0) is 4.79 Å². The molecule has 0 aromatic heterocycles. The molecule has 10 heavy (non-hydrogen) atoms. The summed E-state index contributed by atoms with van der Waals surface area (Å²) < 4.78 is 0. The number of carbonyl (C=O) groups is 1. The monoisotopic (exact) mass is 182 g/mol. The zero-order valence-corrected chi connectivity index (χ0v) is 6.54. The molecule has 0 rings (SSSR count). The Balaban J connectivity index is 0. The Labute approximate surface area is 68.4 Å². The fraction of sp³-hybridized carbons (Fsp3) is 0. The summed E-state index contributed by atoms with van der Waals surface area (Å²) in [5.41, 5.74) is 4.88. The molecule has 0 aliphatic rings. The molecular formula is C4H7ClN2O2S. The standard InChI is InChI=1S/C4H6N2O2S.ClH/c5-4(6)9-2-1-3(7)8;/h1-2H,(H3,5,6)(H,7,8);1H. The minimum absolute atomic E-state index is 0. The van der Waals surface area contributed by atoms with E-state index in [1.807, 2.05) is 0 Å². The van der Waals surface area contributed by atoms with Gasteiger partial charge in [-0.05, 0) is 5.41 Å². The zero-order valence-electron chi connectivity index (χ0n) is 4.90. The Hall–Kier alpha value is -0.680. The summed E-state index contributed by atoms with van der Waals surface area (Å²) in [6, 6.07) is 0. The third kappa shape index (κ3) is 10.3. The van der Waals surface area contributed by atoms with E-state index in [1.54, 1.807) is 0 Å². The highest BCUT2D eigenvalue weighted by molar-refractivity contribution is 8.16. The van der Waals surface area contributed by atoms with Crippen LogP contribution in [0.4, 0.5) is 0 Å². The average Bonchev–Trinajstić information content (AvgIpc) is 1.63. The molecule has 0 atom stereocenters. The Morgan fingerprint density at radius 3 is 2.50 bits per heavy atom. The van der Waals surface area contributed by atoms with Crippen molar-refractivity contribution in [2.24, 2.45) is 5.73 Å². The predicted octanol–water partition coefficient (Wildman–Crippen LogP) is 0.633. The number of hydrogen-bond acceptors (Lipinski definition) is 3. The van der Waals surface area contributed by atoms with Gasteiger partial charge in [0.2, 0.25) is 0 Å². The number of rotatable bonds is 2. The topological polar surface area (TPSA) is 87.2 Å². The first-order valence-corrected chi connectivity index (χ1v) is 2.91. The van der Waals surface area contributed by atoms with Gasteiger partial charge in [-0.25, -0.2) is 4.79 Å². The van der Waals surface area contributed by atoms with Crippen LogP contribution in [0.1, 0.15) is 0 Å². The molecule has 0 unspecified atom stereocenters. The number of carboxylic acids is 1. The molecule has 0 radical (unpaired) electrons. The largest absolute Gasteiger partial charge is 0.478 e. The molecule has 4 N–H and O–H groups in total. The van der Waals surface area contributed by atoms with E-state index in [2.05, 4.69) is 0 Å². The Bertz CT molecular complexity index is 159. The van der Waals surface area contributed by atoms with Gasteiger partial charge in [0.05, 0.1) is 0 Å². The van der Waals surface area contributed by atoms with Crippen LogP contribution in [0.3, 0.4) is 0 Å². The van der Waals surface area contributed by atoms with Crippen molar-refractivity contribution in [2.45, 2.75) is 0 Å². The van der Waals surface area contributed by atoms with Crippen molar-refractivity contribution in [3.8, 4) is 0 Å². The summed E-state index contributed by atoms with van der Waals surface area (Å²) in [6.07, 6.45) is 0.923. The first-order valence-electron chi connectivity index (χ1n) is 2.03.